The largest absolute Gasteiger partial charge is 0.497 e. The Labute approximate surface area is 220 Å². The van der Waals surface area contributed by atoms with E-state index in [9.17, 15) is 8.42 Å². The average molecular weight is 525 g/mol. The summed E-state index contributed by atoms with van der Waals surface area (Å²) in [5.41, 5.74) is 3.38. The second-order valence-electron chi connectivity index (χ2n) is 9.23. The first-order valence-electron chi connectivity index (χ1n) is 12.4. The molecule has 1 atom stereocenters. The number of hydrogen-bond donors (Lipinski definition) is 1. The molecule has 3 aromatic rings. The Kier molecular flexibility index (Phi) is 8.58. The van der Waals surface area contributed by atoms with Crippen molar-refractivity contribution in [2.45, 2.75) is 10.9 Å². The lowest BCUT2D eigenvalue weighted by Gasteiger charge is -2.40. The van der Waals surface area contributed by atoms with Crippen LogP contribution in [-0.4, -0.2) is 74.4 Å². The molecule has 1 unspecified atom stereocenters. The van der Waals surface area contributed by atoms with Crippen LogP contribution in [0.5, 0.6) is 11.5 Å². The number of benzene rings is 3. The molecule has 8 nitrogen and oxygen atoms in total. The summed E-state index contributed by atoms with van der Waals surface area (Å²) in [7, 11) is 3.18. The van der Waals surface area contributed by atoms with E-state index in [0.717, 1.165) is 37.4 Å². The van der Waals surface area contributed by atoms with Gasteiger partial charge in [0.1, 0.15) is 16.4 Å². The van der Waals surface area contributed by atoms with Crippen LogP contribution in [0.15, 0.2) is 77.7 Å². The number of rotatable bonds is 10. The Morgan fingerprint density at radius 1 is 0.892 bits per heavy atom. The zero-order valence-electron chi connectivity index (χ0n) is 21.9. The van der Waals surface area contributed by atoms with Gasteiger partial charge < -0.3 is 19.3 Å². The topological polar surface area (TPSA) is 74.4 Å². The van der Waals surface area contributed by atoms with Crippen LogP contribution in [-0.2, 0) is 10.0 Å². The molecule has 37 heavy (non-hydrogen) atoms. The van der Waals surface area contributed by atoms with Gasteiger partial charge in [0.2, 0.25) is 10.0 Å². The zero-order chi connectivity index (χ0) is 26.4. The van der Waals surface area contributed by atoms with Crippen LogP contribution in [0.1, 0.15) is 11.6 Å². The van der Waals surface area contributed by atoms with E-state index in [1.165, 1.54) is 26.0 Å². The van der Waals surface area contributed by atoms with Crippen LogP contribution in [0.2, 0.25) is 0 Å². The SMILES string of the molecule is COc1ccc(S(=O)(=O)NCC(c2ccc(N(C)C)cc2)N2CCN(c3ccccc3)CC2)c(OC)c1. The van der Waals surface area contributed by atoms with Crippen molar-refractivity contribution in [3.05, 3.63) is 78.4 Å². The lowest BCUT2D eigenvalue weighted by atomic mass is 10.0. The Morgan fingerprint density at radius 2 is 1.57 bits per heavy atom. The van der Waals surface area contributed by atoms with Gasteiger partial charge in [-0.3, -0.25) is 4.90 Å². The van der Waals surface area contributed by atoms with Gasteiger partial charge in [0.15, 0.2) is 0 Å². The highest BCUT2D eigenvalue weighted by Crippen LogP contribution is 2.30. The molecule has 0 amide bonds. The molecule has 0 radical (unpaired) electrons. The molecular formula is C28H36N4O4S. The van der Waals surface area contributed by atoms with Crippen LogP contribution in [0, 0.1) is 0 Å². The van der Waals surface area contributed by atoms with Crippen molar-refractivity contribution in [2.24, 2.45) is 0 Å². The third-order valence-electron chi connectivity index (χ3n) is 6.80. The van der Waals surface area contributed by atoms with E-state index in [-0.39, 0.29) is 23.2 Å². The standard InChI is InChI=1S/C28H36N4O4S/c1-30(2)23-12-10-22(11-13-23)26(32-18-16-31(17-19-32)24-8-6-5-7-9-24)21-29-37(33,34)28-15-14-25(35-3)20-27(28)36-4/h5-15,20,26,29H,16-19,21H2,1-4H3. The smallest absolute Gasteiger partial charge is 0.244 e. The van der Waals surface area contributed by atoms with Crippen molar-refractivity contribution in [3.63, 3.8) is 0 Å². The van der Waals surface area contributed by atoms with Gasteiger partial charge in [-0.2, -0.15) is 0 Å². The maximum absolute atomic E-state index is 13.3. The molecule has 1 heterocycles. The number of nitrogens with one attached hydrogen (secondary N) is 1. The van der Waals surface area contributed by atoms with Crippen molar-refractivity contribution >= 4 is 21.4 Å². The minimum absolute atomic E-state index is 0.0893. The molecule has 198 valence electrons. The molecule has 4 rings (SSSR count). The number of anilines is 2. The minimum atomic E-state index is -3.82. The van der Waals surface area contributed by atoms with Gasteiger partial charge in [0, 0.05) is 70.3 Å². The molecule has 0 aliphatic carbocycles. The molecule has 0 bridgehead atoms. The molecule has 3 aromatic carbocycles. The summed E-state index contributed by atoms with van der Waals surface area (Å²) in [5, 5.41) is 0. The van der Waals surface area contributed by atoms with Crippen molar-refractivity contribution in [2.75, 3.05) is 70.8 Å². The third kappa shape index (κ3) is 6.36. The quantitative estimate of drug-likeness (QED) is 0.434. The van der Waals surface area contributed by atoms with Crippen molar-refractivity contribution in [3.8, 4) is 11.5 Å². The Hall–Kier alpha value is -3.27. The van der Waals surface area contributed by atoms with Crippen molar-refractivity contribution in [1.82, 2.24) is 9.62 Å². The highest BCUT2D eigenvalue weighted by Gasteiger charge is 2.28. The summed E-state index contributed by atoms with van der Waals surface area (Å²) >= 11 is 0. The third-order valence-corrected chi connectivity index (χ3v) is 8.26. The lowest BCUT2D eigenvalue weighted by molar-refractivity contribution is 0.187. The second kappa shape index (κ2) is 11.9. The van der Waals surface area contributed by atoms with Gasteiger partial charge in [0.25, 0.3) is 0 Å². The van der Waals surface area contributed by atoms with Crippen molar-refractivity contribution in [1.29, 1.82) is 0 Å². The van der Waals surface area contributed by atoms with E-state index in [1.54, 1.807) is 12.1 Å². The number of para-hydroxylation sites is 1. The van der Waals surface area contributed by atoms with Crippen LogP contribution < -0.4 is 24.0 Å². The maximum Gasteiger partial charge on any atom is 0.244 e. The van der Waals surface area contributed by atoms with Gasteiger partial charge in [-0.25, -0.2) is 13.1 Å². The average Bonchev–Trinajstić information content (AvgIpc) is 2.93. The molecule has 1 fully saturated rings. The van der Waals surface area contributed by atoms with Gasteiger partial charge in [-0.15, -0.1) is 0 Å². The van der Waals surface area contributed by atoms with E-state index in [1.807, 2.05) is 20.2 Å². The molecule has 1 N–H and O–H groups in total. The Bertz CT molecular complexity index is 1260. The first-order chi connectivity index (χ1) is 17.8. The number of piperazine rings is 1. The predicted molar refractivity (Wildman–Crippen MR) is 148 cm³/mol. The van der Waals surface area contributed by atoms with Gasteiger partial charge in [0.05, 0.1) is 14.2 Å². The van der Waals surface area contributed by atoms with E-state index in [2.05, 4.69) is 68.0 Å². The first kappa shape index (κ1) is 26.8. The fraction of sp³-hybridized carbons (Fsp3) is 0.357. The Morgan fingerprint density at radius 3 is 2.16 bits per heavy atom. The summed E-state index contributed by atoms with van der Waals surface area (Å²) < 4.78 is 40.1. The normalized spacial score (nSPS) is 15.3. The summed E-state index contributed by atoms with van der Waals surface area (Å²) in [5.74, 6) is 0.779. The van der Waals surface area contributed by atoms with Gasteiger partial charge >= 0.3 is 0 Å². The number of nitrogens with zero attached hydrogens (tertiary/aromatic N) is 3. The summed E-state index contributed by atoms with van der Waals surface area (Å²) in [6.45, 7) is 3.63. The Balaban J connectivity index is 1.55. The highest BCUT2D eigenvalue weighted by atomic mass is 32.2. The monoisotopic (exact) mass is 524 g/mol. The fourth-order valence-corrected chi connectivity index (χ4v) is 5.83. The fourth-order valence-electron chi connectivity index (χ4n) is 4.65. The number of sulfonamides is 1. The molecule has 1 aliphatic rings. The molecule has 1 aliphatic heterocycles. The summed E-state index contributed by atoms with van der Waals surface area (Å²) in [4.78, 5) is 6.87. The molecule has 0 aromatic heterocycles. The summed E-state index contributed by atoms with van der Waals surface area (Å²) in [6.07, 6.45) is 0. The summed E-state index contributed by atoms with van der Waals surface area (Å²) in [6, 6.07) is 23.3. The zero-order valence-corrected chi connectivity index (χ0v) is 22.7. The maximum atomic E-state index is 13.3. The van der Waals surface area contributed by atoms with E-state index < -0.39 is 10.0 Å². The van der Waals surface area contributed by atoms with Crippen LogP contribution in [0.3, 0.4) is 0 Å². The second-order valence-corrected chi connectivity index (χ2v) is 11.0. The van der Waals surface area contributed by atoms with Gasteiger partial charge in [-0.05, 0) is 42.0 Å². The van der Waals surface area contributed by atoms with Gasteiger partial charge in [-0.1, -0.05) is 30.3 Å². The van der Waals surface area contributed by atoms with Crippen LogP contribution >= 0.6 is 0 Å². The number of hydrogen-bond acceptors (Lipinski definition) is 7. The number of ether oxygens (including phenoxy) is 2. The lowest BCUT2D eigenvalue weighted by Crippen LogP contribution is -2.49. The molecule has 9 heteroatoms. The van der Waals surface area contributed by atoms with Crippen molar-refractivity contribution < 1.29 is 17.9 Å². The van der Waals surface area contributed by atoms with Crippen LogP contribution in [0.4, 0.5) is 11.4 Å². The minimum Gasteiger partial charge on any atom is -0.497 e. The molecule has 1 saturated heterocycles. The molecular weight excluding hydrogens is 488 g/mol. The van der Waals surface area contributed by atoms with E-state index in [4.69, 9.17) is 9.47 Å². The predicted octanol–water partition coefficient (Wildman–Crippen LogP) is 3.61. The highest BCUT2D eigenvalue weighted by molar-refractivity contribution is 7.89. The van der Waals surface area contributed by atoms with E-state index in [0.29, 0.717) is 5.75 Å². The molecule has 0 spiro atoms. The van der Waals surface area contributed by atoms with E-state index >= 15 is 0 Å². The van der Waals surface area contributed by atoms with Crippen LogP contribution in [0.25, 0.3) is 0 Å². The number of methoxy groups -OCH3 is 2. The first-order valence-corrected chi connectivity index (χ1v) is 13.8. The molecule has 0 saturated carbocycles.